The van der Waals surface area contributed by atoms with Crippen LogP contribution in [0.25, 0.3) is 0 Å². The minimum Gasteiger partial charge on any atom is -0.481 e. The van der Waals surface area contributed by atoms with E-state index < -0.39 is 5.97 Å². The van der Waals surface area contributed by atoms with E-state index in [-0.39, 0.29) is 18.0 Å². The summed E-state index contributed by atoms with van der Waals surface area (Å²) in [5.41, 5.74) is 0. The fourth-order valence-electron chi connectivity index (χ4n) is 1.94. The van der Waals surface area contributed by atoms with Gasteiger partial charge in [-0.25, -0.2) is 0 Å². The van der Waals surface area contributed by atoms with Crippen LogP contribution >= 0.6 is 11.8 Å². The molecule has 0 radical (unpaired) electrons. The fourth-order valence-corrected chi connectivity index (χ4v) is 2.67. The lowest BCUT2D eigenvalue weighted by Gasteiger charge is -2.17. The van der Waals surface area contributed by atoms with Gasteiger partial charge in [-0.3, -0.25) is 4.79 Å². The summed E-state index contributed by atoms with van der Waals surface area (Å²) in [5.74, 6) is -0.0444. The van der Waals surface area contributed by atoms with Crippen molar-refractivity contribution < 1.29 is 14.6 Å². The molecule has 1 heterocycles. The van der Waals surface area contributed by atoms with Gasteiger partial charge in [0.15, 0.2) is 11.0 Å². The molecule has 1 fully saturated rings. The van der Waals surface area contributed by atoms with Crippen LogP contribution in [-0.2, 0) is 9.53 Å². The van der Waals surface area contributed by atoms with E-state index in [2.05, 4.69) is 10.2 Å². The summed E-state index contributed by atoms with van der Waals surface area (Å²) in [6.07, 6.45) is 2.18. The summed E-state index contributed by atoms with van der Waals surface area (Å²) in [7, 11) is 0. The van der Waals surface area contributed by atoms with Crippen LogP contribution in [-0.4, -0.2) is 37.7 Å². The van der Waals surface area contributed by atoms with E-state index in [1.54, 1.807) is 0 Å². The Morgan fingerprint density at radius 2 is 2.16 bits per heavy atom. The zero-order valence-electron chi connectivity index (χ0n) is 11.4. The molecule has 7 heteroatoms. The van der Waals surface area contributed by atoms with Gasteiger partial charge in [0.1, 0.15) is 6.10 Å². The Balaban J connectivity index is 2.16. The van der Waals surface area contributed by atoms with E-state index in [1.807, 2.05) is 25.3 Å². The summed E-state index contributed by atoms with van der Waals surface area (Å²) in [5, 5.41) is 17.7. The molecule has 6 nitrogen and oxygen atoms in total. The van der Waals surface area contributed by atoms with Gasteiger partial charge in [0.2, 0.25) is 0 Å². The lowest BCUT2D eigenvalue weighted by Crippen LogP contribution is -2.13. The quantitative estimate of drug-likeness (QED) is 0.774. The molecular weight excluding hydrogens is 266 g/mol. The molecule has 1 atom stereocenters. The molecule has 1 aromatic rings. The van der Waals surface area contributed by atoms with Gasteiger partial charge >= 0.3 is 5.97 Å². The van der Waals surface area contributed by atoms with Crippen molar-refractivity contribution in [2.24, 2.45) is 0 Å². The van der Waals surface area contributed by atoms with Gasteiger partial charge in [-0.1, -0.05) is 11.8 Å². The normalized spacial score (nSPS) is 16.8. The van der Waals surface area contributed by atoms with Crippen LogP contribution in [0.5, 0.6) is 0 Å². The van der Waals surface area contributed by atoms with Crippen molar-refractivity contribution in [2.45, 2.75) is 57.0 Å². The predicted octanol–water partition coefficient (Wildman–Crippen LogP) is 2.28. The zero-order valence-corrected chi connectivity index (χ0v) is 12.2. The summed E-state index contributed by atoms with van der Waals surface area (Å²) >= 11 is 1.21. The number of aliphatic carboxylic acids is 1. The van der Waals surface area contributed by atoms with Gasteiger partial charge in [-0.05, 0) is 33.6 Å². The third-order valence-corrected chi connectivity index (χ3v) is 3.70. The number of ether oxygens (including phenoxy) is 1. The van der Waals surface area contributed by atoms with Crippen LogP contribution < -0.4 is 0 Å². The molecule has 1 unspecified atom stereocenters. The first-order valence-corrected chi connectivity index (χ1v) is 7.42. The summed E-state index contributed by atoms with van der Waals surface area (Å²) in [6, 6.07) is 0.402. The van der Waals surface area contributed by atoms with Gasteiger partial charge in [0, 0.05) is 6.04 Å². The van der Waals surface area contributed by atoms with Gasteiger partial charge in [0.25, 0.3) is 0 Å². The van der Waals surface area contributed by atoms with E-state index in [4.69, 9.17) is 9.84 Å². The molecule has 106 valence electrons. The average Bonchev–Trinajstić information content (AvgIpc) is 3.05. The molecule has 0 aromatic carbocycles. The Bertz CT molecular complexity index is 457. The van der Waals surface area contributed by atoms with E-state index >= 15 is 0 Å². The number of aromatic nitrogens is 3. The maximum Gasteiger partial charge on any atom is 0.313 e. The highest BCUT2D eigenvalue weighted by Crippen LogP contribution is 2.40. The second-order valence-electron chi connectivity index (χ2n) is 4.95. The Hall–Kier alpha value is -1.08. The average molecular weight is 285 g/mol. The maximum absolute atomic E-state index is 10.7. The molecule has 2 rings (SSSR count). The second-order valence-corrected chi connectivity index (χ2v) is 5.89. The number of carbonyl (C=O) groups is 1. The first-order chi connectivity index (χ1) is 8.99. The number of rotatable bonds is 7. The van der Waals surface area contributed by atoms with E-state index in [1.165, 1.54) is 11.8 Å². The summed E-state index contributed by atoms with van der Waals surface area (Å²) in [6.45, 7) is 5.91. The molecule has 0 saturated heterocycles. The topological polar surface area (TPSA) is 77.2 Å². The minimum atomic E-state index is -0.844. The van der Waals surface area contributed by atoms with Crippen molar-refractivity contribution in [1.29, 1.82) is 0 Å². The smallest absolute Gasteiger partial charge is 0.313 e. The lowest BCUT2D eigenvalue weighted by atomic mass is 10.3. The Morgan fingerprint density at radius 3 is 2.68 bits per heavy atom. The first-order valence-electron chi connectivity index (χ1n) is 6.44. The van der Waals surface area contributed by atoms with Crippen LogP contribution in [0, 0.1) is 0 Å². The lowest BCUT2D eigenvalue weighted by molar-refractivity contribution is -0.133. The number of carboxylic acid groups (broad SMARTS) is 1. The number of hydrogen-bond acceptors (Lipinski definition) is 5. The molecule has 1 saturated carbocycles. The highest BCUT2D eigenvalue weighted by atomic mass is 32.2. The first kappa shape index (κ1) is 14.3. The van der Waals surface area contributed by atoms with Crippen LogP contribution in [0.1, 0.15) is 51.6 Å². The van der Waals surface area contributed by atoms with Crippen molar-refractivity contribution in [2.75, 3.05) is 5.75 Å². The third kappa shape index (κ3) is 3.70. The Labute approximate surface area is 116 Å². The summed E-state index contributed by atoms with van der Waals surface area (Å²) < 4.78 is 7.79. The molecule has 1 N–H and O–H groups in total. The number of carboxylic acids is 1. The molecule has 1 aromatic heterocycles. The molecule has 0 bridgehead atoms. The molecule has 0 amide bonds. The fraction of sp³-hybridized carbons (Fsp3) is 0.750. The van der Waals surface area contributed by atoms with Crippen LogP contribution in [0.4, 0.5) is 0 Å². The van der Waals surface area contributed by atoms with E-state index in [9.17, 15) is 4.79 Å². The summed E-state index contributed by atoms with van der Waals surface area (Å²) in [4.78, 5) is 10.7. The maximum atomic E-state index is 10.7. The molecule has 1 aliphatic carbocycles. The van der Waals surface area contributed by atoms with Crippen LogP contribution in [0.2, 0.25) is 0 Å². The van der Waals surface area contributed by atoms with E-state index in [0.717, 1.165) is 18.7 Å². The largest absolute Gasteiger partial charge is 0.481 e. The molecular formula is C12H19N3O3S. The SMILES string of the molecule is CC(C)OC(C)c1nnc(SCC(=O)O)n1C1CC1. The zero-order chi connectivity index (χ0) is 14.0. The van der Waals surface area contributed by atoms with Crippen LogP contribution in [0.15, 0.2) is 5.16 Å². The third-order valence-electron chi connectivity index (χ3n) is 2.77. The van der Waals surface area contributed by atoms with Gasteiger partial charge in [-0.15, -0.1) is 10.2 Å². The van der Waals surface area contributed by atoms with Gasteiger partial charge < -0.3 is 14.4 Å². The highest BCUT2D eigenvalue weighted by Gasteiger charge is 2.31. The second kappa shape index (κ2) is 5.92. The molecule has 0 spiro atoms. The van der Waals surface area contributed by atoms with Gasteiger partial charge in [0.05, 0.1) is 11.9 Å². The van der Waals surface area contributed by atoms with Gasteiger partial charge in [-0.2, -0.15) is 0 Å². The van der Waals surface area contributed by atoms with Crippen molar-refractivity contribution in [3.05, 3.63) is 5.82 Å². The number of hydrogen-bond donors (Lipinski definition) is 1. The molecule has 0 aliphatic heterocycles. The molecule has 1 aliphatic rings. The van der Waals surface area contributed by atoms with Crippen molar-refractivity contribution in [3.63, 3.8) is 0 Å². The Kier molecular flexibility index (Phi) is 4.46. The minimum absolute atomic E-state index is 0.00424. The van der Waals surface area contributed by atoms with Crippen molar-refractivity contribution >= 4 is 17.7 Å². The standard InChI is InChI=1S/C12H19N3O3S/c1-7(2)18-8(3)11-13-14-12(19-6-10(16)17)15(11)9-4-5-9/h7-9H,4-6H2,1-3H3,(H,16,17). The van der Waals surface area contributed by atoms with Crippen molar-refractivity contribution in [3.8, 4) is 0 Å². The van der Waals surface area contributed by atoms with Crippen LogP contribution in [0.3, 0.4) is 0 Å². The molecule has 19 heavy (non-hydrogen) atoms. The number of thioether (sulfide) groups is 1. The Morgan fingerprint density at radius 1 is 1.47 bits per heavy atom. The highest BCUT2D eigenvalue weighted by molar-refractivity contribution is 7.99. The monoisotopic (exact) mass is 285 g/mol. The van der Waals surface area contributed by atoms with E-state index in [0.29, 0.717) is 11.2 Å². The number of nitrogens with zero attached hydrogens (tertiary/aromatic N) is 3. The van der Waals surface area contributed by atoms with Crippen molar-refractivity contribution in [1.82, 2.24) is 14.8 Å². The predicted molar refractivity (Wildman–Crippen MR) is 71.3 cm³/mol.